The fourth-order valence-electron chi connectivity index (χ4n) is 0.324. The SMILES string of the molecule is CC(=O)Sc1nn[nH]n1. The number of rotatable bonds is 1. The molecule has 48 valence electrons. The van der Waals surface area contributed by atoms with Gasteiger partial charge in [-0.05, 0) is 17.0 Å². The molecule has 0 aliphatic carbocycles. The van der Waals surface area contributed by atoms with E-state index in [1.807, 2.05) is 0 Å². The van der Waals surface area contributed by atoms with Gasteiger partial charge in [-0.15, -0.1) is 10.2 Å². The lowest BCUT2D eigenvalue weighted by atomic mass is 10.9. The highest BCUT2D eigenvalue weighted by Crippen LogP contribution is 2.09. The van der Waals surface area contributed by atoms with Crippen molar-refractivity contribution >= 4 is 16.9 Å². The first-order chi connectivity index (χ1) is 4.29. The average molecular weight is 144 g/mol. The molecule has 0 spiro atoms. The zero-order valence-electron chi connectivity index (χ0n) is 4.66. The van der Waals surface area contributed by atoms with Crippen molar-refractivity contribution in [1.82, 2.24) is 20.6 Å². The summed E-state index contributed by atoms with van der Waals surface area (Å²) in [6.07, 6.45) is 0. The molecule has 0 aliphatic rings. The first-order valence-electron chi connectivity index (χ1n) is 2.21. The molecular formula is C3H4N4OS. The summed E-state index contributed by atoms with van der Waals surface area (Å²) in [4.78, 5) is 10.4. The number of aromatic nitrogens is 4. The molecule has 1 aromatic rings. The zero-order valence-corrected chi connectivity index (χ0v) is 5.47. The Morgan fingerprint density at radius 1 is 1.78 bits per heavy atom. The van der Waals surface area contributed by atoms with Gasteiger partial charge in [0.25, 0.3) is 0 Å². The summed E-state index contributed by atoms with van der Waals surface area (Å²) in [5.74, 6) is 0. The summed E-state index contributed by atoms with van der Waals surface area (Å²) in [7, 11) is 0. The summed E-state index contributed by atoms with van der Waals surface area (Å²) in [6, 6.07) is 0. The molecule has 1 rings (SSSR count). The number of H-pyrrole nitrogens is 1. The highest BCUT2D eigenvalue weighted by Gasteiger charge is 2.00. The number of carbonyl (C=O) groups is 1. The van der Waals surface area contributed by atoms with E-state index in [1.54, 1.807) is 0 Å². The van der Waals surface area contributed by atoms with Crippen molar-refractivity contribution in [2.24, 2.45) is 0 Å². The Hall–Kier alpha value is -0.910. The van der Waals surface area contributed by atoms with Crippen molar-refractivity contribution in [3.05, 3.63) is 0 Å². The minimum Gasteiger partial charge on any atom is -0.287 e. The van der Waals surface area contributed by atoms with E-state index in [2.05, 4.69) is 20.6 Å². The molecule has 0 radical (unpaired) electrons. The van der Waals surface area contributed by atoms with Gasteiger partial charge in [-0.2, -0.15) is 5.21 Å². The van der Waals surface area contributed by atoms with E-state index in [9.17, 15) is 4.79 Å². The van der Waals surface area contributed by atoms with Gasteiger partial charge in [-0.25, -0.2) is 0 Å². The van der Waals surface area contributed by atoms with Gasteiger partial charge < -0.3 is 0 Å². The molecule has 6 heteroatoms. The first kappa shape index (κ1) is 6.21. The third-order valence-electron chi connectivity index (χ3n) is 0.561. The van der Waals surface area contributed by atoms with Crippen LogP contribution in [0, 0.1) is 0 Å². The number of carbonyl (C=O) groups excluding carboxylic acids is 1. The Morgan fingerprint density at radius 2 is 2.56 bits per heavy atom. The van der Waals surface area contributed by atoms with E-state index in [0.29, 0.717) is 5.16 Å². The molecule has 1 N–H and O–H groups in total. The number of tetrazole rings is 1. The fourth-order valence-corrected chi connectivity index (χ4v) is 0.750. The maximum absolute atomic E-state index is 10.4. The molecule has 0 saturated heterocycles. The predicted molar refractivity (Wildman–Crippen MR) is 30.7 cm³/mol. The number of thioether (sulfide) groups is 1. The lowest BCUT2D eigenvalue weighted by Gasteiger charge is -1.80. The smallest absolute Gasteiger partial charge is 0.238 e. The molecule has 1 aromatic heterocycles. The van der Waals surface area contributed by atoms with Crippen LogP contribution < -0.4 is 0 Å². The van der Waals surface area contributed by atoms with Gasteiger partial charge in [0.15, 0.2) is 5.12 Å². The van der Waals surface area contributed by atoms with Crippen LogP contribution >= 0.6 is 11.8 Å². The highest BCUT2D eigenvalue weighted by molar-refractivity contribution is 8.13. The number of nitrogens with zero attached hydrogens (tertiary/aromatic N) is 3. The Bertz CT molecular complexity index is 196. The molecule has 0 atom stereocenters. The lowest BCUT2D eigenvalue weighted by molar-refractivity contribution is -0.109. The second-order valence-electron chi connectivity index (χ2n) is 1.29. The van der Waals surface area contributed by atoms with E-state index >= 15 is 0 Å². The summed E-state index contributed by atoms with van der Waals surface area (Å²) < 4.78 is 0. The number of hydrogen-bond acceptors (Lipinski definition) is 5. The summed E-state index contributed by atoms with van der Waals surface area (Å²) in [6.45, 7) is 1.45. The van der Waals surface area contributed by atoms with Gasteiger partial charge >= 0.3 is 0 Å². The van der Waals surface area contributed by atoms with Crippen LogP contribution in [-0.2, 0) is 4.79 Å². The van der Waals surface area contributed by atoms with Crippen LogP contribution in [-0.4, -0.2) is 25.7 Å². The topological polar surface area (TPSA) is 71.5 Å². The Balaban J connectivity index is 2.58. The number of hydrogen-bond donors (Lipinski definition) is 1. The Morgan fingerprint density at radius 3 is 3.00 bits per heavy atom. The van der Waals surface area contributed by atoms with Crippen molar-refractivity contribution in [1.29, 1.82) is 0 Å². The van der Waals surface area contributed by atoms with Crippen LogP contribution in [0.4, 0.5) is 0 Å². The van der Waals surface area contributed by atoms with E-state index in [-0.39, 0.29) is 5.12 Å². The molecule has 0 fully saturated rings. The molecule has 0 unspecified atom stereocenters. The molecule has 0 aliphatic heterocycles. The van der Waals surface area contributed by atoms with Crippen molar-refractivity contribution in [2.75, 3.05) is 0 Å². The van der Waals surface area contributed by atoms with Crippen LogP contribution in [0.2, 0.25) is 0 Å². The average Bonchev–Trinajstić information content (AvgIpc) is 2.15. The Labute approximate surface area is 55.2 Å². The fraction of sp³-hybridized carbons (Fsp3) is 0.333. The maximum Gasteiger partial charge on any atom is 0.238 e. The van der Waals surface area contributed by atoms with Gasteiger partial charge in [0.2, 0.25) is 5.16 Å². The standard InChI is InChI=1S/C3H4N4OS/c1-2(8)9-3-4-6-7-5-3/h1H3,(H,4,5,6,7). The van der Waals surface area contributed by atoms with Gasteiger partial charge in [0, 0.05) is 6.92 Å². The number of nitrogens with one attached hydrogen (secondary N) is 1. The Kier molecular flexibility index (Phi) is 1.78. The largest absolute Gasteiger partial charge is 0.287 e. The first-order valence-corrected chi connectivity index (χ1v) is 3.02. The molecule has 0 bridgehead atoms. The van der Waals surface area contributed by atoms with Crippen LogP contribution in [0.1, 0.15) is 6.92 Å². The van der Waals surface area contributed by atoms with E-state index < -0.39 is 0 Å². The van der Waals surface area contributed by atoms with Gasteiger partial charge in [-0.1, -0.05) is 0 Å². The lowest BCUT2D eigenvalue weighted by Crippen LogP contribution is -1.82. The van der Waals surface area contributed by atoms with Crippen molar-refractivity contribution in [3.63, 3.8) is 0 Å². The van der Waals surface area contributed by atoms with Crippen LogP contribution in [0.15, 0.2) is 5.16 Å². The summed E-state index contributed by atoms with van der Waals surface area (Å²) >= 11 is 0.950. The monoisotopic (exact) mass is 144 g/mol. The van der Waals surface area contributed by atoms with Crippen LogP contribution in [0.5, 0.6) is 0 Å². The second kappa shape index (κ2) is 2.58. The van der Waals surface area contributed by atoms with Crippen LogP contribution in [0.25, 0.3) is 0 Å². The zero-order chi connectivity index (χ0) is 6.69. The molecule has 1 heterocycles. The molecular weight excluding hydrogens is 140 g/mol. The molecule has 0 aromatic carbocycles. The van der Waals surface area contributed by atoms with Crippen LogP contribution in [0.3, 0.4) is 0 Å². The van der Waals surface area contributed by atoms with E-state index in [4.69, 9.17) is 0 Å². The summed E-state index contributed by atoms with van der Waals surface area (Å²) in [5.41, 5.74) is 0. The molecule has 5 nitrogen and oxygen atoms in total. The third-order valence-corrected chi connectivity index (χ3v) is 1.20. The normalized spacial score (nSPS) is 9.44. The highest BCUT2D eigenvalue weighted by atomic mass is 32.2. The minimum absolute atomic E-state index is 0.0450. The second-order valence-corrected chi connectivity index (χ2v) is 2.43. The molecule has 9 heavy (non-hydrogen) atoms. The maximum atomic E-state index is 10.4. The van der Waals surface area contributed by atoms with Crippen molar-refractivity contribution in [2.45, 2.75) is 12.1 Å². The van der Waals surface area contributed by atoms with Crippen molar-refractivity contribution in [3.8, 4) is 0 Å². The predicted octanol–water partition coefficient (Wildman–Crippen LogP) is -0.162. The number of aromatic amines is 1. The third kappa shape index (κ3) is 1.80. The quantitative estimate of drug-likeness (QED) is 0.554. The minimum atomic E-state index is -0.0450. The van der Waals surface area contributed by atoms with Gasteiger partial charge in [0.1, 0.15) is 0 Å². The van der Waals surface area contributed by atoms with Gasteiger partial charge in [0.05, 0.1) is 0 Å². The molecule has 0 saturated carbocycles. The van der Waals surface area contributed by atoms with E-state index in [1.165, 1.54) is 6.92 Å². The summed E-state index contributed by atoms with van der Waals surface area (Å²) in [5, 5.41) is 12.9. The molecule has 0 amide bonds. The van der Waals surface area contributed by atoms with Gasteiger partial charge in [-0.3, -0.25) is 4.79 Å². The van der Waals surface area contributed by atoms with E-state index in [0.717, 1.165) is 11.8 Å². The van der Waals surface area contributed by atoms with Crippen molar-refractivity contribution < 1.29 is 4.79 Å².